The van der Waals surface area contributed by atoms with Crippen molar-refractivity contribution in [2.24, 2.45) is 0 Å². The highest BCUT2D eigenvalue weighted by Gasteiger charge is 2.29. The molecule has 1 aromatic carbocycles. The van der Waals surface area contributed by atoms with Crippen molar-refractivity contribution in [3.63, 3.8) is 0 Å². The number of para-hydroxylation sites is 1. The van der Waals surface area contributed by atoms with Gasteiger partial charge in [-0.1, -0.05) is 12.1 Å². The molecular weight excluding hydrogens is 399 g/mol. The molecule has 0 spiro atoms. The Labute approximate surface area is 168 Å². The van der Waals surface area contributed by atoms with Crippen LogP contribution in [0.15, 0.2) is 43.0 Å². The van der Waals surface area contributed by atoms with E-state index < -0.39 is 24.7 Å². The van der Waals surface area contributed by atoms with Gasteiger partial charge in [-0.3, -0.25) is 4.79 Å². The maximum Gasteiger partial charge on any atom is 0.405 e. The van der Waals surface area contributed by atoms with Crippen LogP contribution in [0.1, 0.15) is 6.92 Å². The quantitative estimate of drug-likeness (QED) is 0.463. The molecule has 4 aromatic rings. The molecule has 1 atom stereocenters. The van der Waals surface area contributed by atoms with Gasteiger partial charge in [0.2, 0.25) is 5.91 Å². The van der Waals surface area contributed by atoms with E-state index in [-0.39, 0.29) is 0 Å². The van der Waals surface area contributed by atoms with Crippen molar-refractivity contribution in [1.29, 1.82) is 0 Å². The highest BCUT2D eigenvalue weighted by molar-refractivity contribution is 5.96. The van der Waals surface area contributed by atoms with Gasteiger partial charge in [0.15, 0.2) is 5.82 Å². The number of carbonyl (C=O) groups excluding carboxylic acids is 1. The highest BCUT2D eigenvalue weighted by Crippen LogP contribution is 2.28. The summed E-state index contributed by atoms with van der Waals surface area (Å²) in [6.07, 6.45) is 0.536. The lowest BCUT2D eigenvalue weighted by Gasteiger charge is -2.17. The van der Waals surface area contributed by atoms with Crippen LogP contribution in [-0.4, -0.2) is 44.6 Å². The number of anilines is 1. The smallest absolute Gasteiger partial charge is 0.358 e. The van der Waals surface area contributed by atoms with E-state index in [9.17, 15) is 18.0 Å². The molecule has 8 nitrogen and oxygen atoms in total. The Kier molecular flexibility index (Phi) is 4.94. The molecule has 1 amide bonds. The van der Waals surface area contributed by atoms with Crippen molar-refractivity contribution in [1.82, 2.24) is 25.3 Å². The van der Waals surface area contributed by atoms with Crippen LogP contribution >= 0.6 is 0 Å². The molecule has 3 aromatic heterocycles. The second kappa shape index (κ2) is 7.58. The number of hydrogen-bond donors (Lipinski definition) is 3. The molecule has 0 fully saturated rings. The van der Waals surface area contributed by atoms with E-state index in [1.165, 1.54) is 13.3 Å². The lowest BCUT2D eigenvalue weighted by Crippen LogP contribution is -2.42. The number of H-pyrrole nitrogens is 2. The molecule has 30 heavy (non-hydrogen) atoms. The normalized spacial score (nSPS) is 12.8. The maximum absolute atomic E-state index is 12.4. The molecule has 0 aliphatic heterocycles. The molecule has 0 radical (unpaired) electrons. The largest absolute Gasteiger partial charge is 0.405 e. The fourth-order valence-electron chi connectivity index (χ4n) is 3.00. The van der Waals surface area contributed by atoms with Crippen molar-refractivity contribution in [3.05, 3.63) is 43.0 Å². The summed E-state index contributed by atoms with van der Waals surface area (Å²) >= 11 is 0. The fraction of sp³-hybridized carbons (Fsp3) is 0.211. The van der Waals surface area contributed by atoms with Gasteiger partial charge in [-0.2, -0.15) is 13.2 Å². The van der Waals surface area contributed by atoms with Crippen molar-refractivity contribution in [3.8, 4) is 11.4 Å². The molecule has 0 aliphatic carbocycles. The second-order valence-corrected chi connectivity index (χ2v) is 6.65. The van der Waals surface area contributed by atoms with Gasteiger partial charge in [0.05, 0.1) is 16.5 Å². The molecule has 4 rings (SSSR count). The molecule has 0 unspecified atom stereocenters. The third kappa shape index (κ3) is 4.00. The molecule has 0 saturated heterocycles. The Balaban J connectivity index is 1.70. The van der Waals surface area contributed by atoms with Gasteiger partial charge < -0.3 is 15.6 Å². The molecule has 0 aliphatic rings. The summed E-state index contributed by atoms with van der Waals surface area (Å²) in [5, 5.41) is 6.19. The van der Waals surface area contributed by atoms with Crippen LogP contribution in [0.4, 0.5) is 19.0 Å². The SMILES string of the molecule is C[C@H](Nc1nc(-c2c[nH]c3nc[nH+]cc23)nc2ccccc12)C(=O)NCC(F)(F)F. The van der Waals surface area contributed by atoms with E-state index >= 15 is 0 Å². The number of rotatable bonds is 5. The number of carbonyl (C=O) groups is 1. The van der Waals surface area contributed by atoms with Gasteiger partial charge in [-0.15, -0.1) is 0 Å². The zero-order chi connectivity index (χ0) is 21.3. The minimum Gasteiger partial charge on any atom is -0.358 e. The number of fused-ring (bicyclic) bond motifs is 2. The van der Waals surface area contributed by atoms with Gasteiger partial charge in [0, 0.05) is 11.6 Å². The van der Waals surface area contributed by atoms with Crippen LogP contribution in [0, 0.1) is 0 Å². The van der Waals surface area contributed by atoms with Gasteiger partial charge in [-0.25, -0.2) is 15.0 Å². The number of aromatic amines is 2. The van der Waals surface area contributed by atoms with Crippen LogP contribution in [0.5, 0.6) is 0 Å². The van der Waals surface area contributed by atoms with E-state index in [4.69, 9.17) is 0 Å². The van der Waals surface area contributed by atoms with Crippen LogP contribution in [-0.2, 0) is 4.79 Å². The van der Waals surface area contributed by atoms with Crippen molar-refractivity contribution in [2.45, 2.75) is 19.1 Å². The average molecular weight is 416 g/mol. The van der Waals surface area contributed by atoms with Gasteiger partial charge in [0.25, 0.3) is 12.0 Å². The van der Waals surface area contributed by atoms with E-state index in [0.29, 0.717) is 33.8 Å². The summed E-state index contributed by atoms with van der Waals surface area (Å²) in [7, 11) is 0. The number of halogens is 3. The average Bonchev–Trinajstić information content (AvgIpc) is 3.15. The Morgan fingerprint density at radius 2 is 2.03 bits per heavy atom. The summed E-state index contributed by atoms with van der Waals surface area (Å²) in [5.41, 5.74) is 1.96. The zero-order valence-corrected chi connectivity index (χ0v) is 15.7. The molecular formula is C19H17F3N7O+. The minimum absolute atomic E-state index is 0.340. The van der Waals surface area contributed by atoms with Crippen molar-refractivity contribution in [2.75, 3.05) is 11.9 Å². The number of hydrogen-bond acceptors (Lipinski definition) is 5. The van der Waals surface area contributed by atoms with Gasteiger partial charge >= 0.3 is 6.18 Å². The van der Waals surface area contributed by atoms with E-state index in [2.05, 4.69) is 30.2 Å². The number of alkyl halides is 3. The van der Waals surface area contributed by atoms with Crippen molar-refractivity contribution < 1.29 is 22.9 Å². The standard InChI is InChI=1S/C19H16F3N7O/c1-10(18(30)25-8-19(20,21)22)27-16-11-4-2-3-5-14(11)28-17(29-16)13-7-24-15-12(13)6-23-9-26-15/h2-7,9-10H,8H2,1H3,(H,25,30)(H,23,24,26)(H,27,28,29)/p+1/t10-/m0/s1. The topological polar surface area (TPSA) is 110 Å². The number of amides is 1. The van der Waals surface area contributed by atoms with Crippen molar-refractivity contribution >= 4 is 33.7 Å². The molecule has 11 heteroatoms. The lowest BCUT2D eigenvalue weighted by atomic mass is 10.2. The predicted molar refractivity (Wildman–Crippen MR) is 103 cm³/mol. The Morgan fingerprint density at radius 3 is 2.83 bits per heavy atom. The van der Waals surface area contributed by atoms with Gasteiger partial charge in [-0.05, 0) is 24.0 Å². The maximum atomic E-state index is 12.4. The summed E-state index contributed by atoms with van der Waals surface area (Å²) in [4.78, 5) is 31.4. The summed E-state index contributed by atoms with van der Waals surface area (Å²) < 4.78 is 37.2. The minimum atomic E-state index is -4.48. The first-order valence-electron chi connectivity index (χ1n) is 9.03. The molecule has 4 N–H and O–H groups in total. The monoisotopic (exact) mass is 416 g/mol. The fourth-order valence-corrected chi connectivity index (χ4v) is 3.00. The number of benzene rings is 1. The Bertz CT molecular complexity index is 1220. The van der Waals surface area contributed by atoms with Crippen LogP contribution in [0.3, 0.4) is 0 Å². The zero-order valence-electron chi connectivity index (χ0n) is 15.7. The summed E-state index contributed by atoms with van der Waals surface area (Å²) in [6, 6.07) is 6.21. The second-order valence-electron chi connectivity index (χ2n) is 6.65. The lowest BCUT2D eigenvalue weighted by molar-refractivity contribution is -0.380. The summed E-state index contributed by atoms with van der Waals surface area (Å²) in [6.45, 7) is 0.0688. The number of nitrogens with zero attached hydrogens (tertiary/aromatic N) is 3. The summed E-state index contributed by atoms with van der Waals surface area (Å²) in [5.74, 6) is -0.0679. The van der Waals surface area contributed by atoms with Gasteiger partial charge in [0.1, 0.15) is 24.6 Å². The third-order valence-corrected chi connectivity index (χ3v) is 4.45. The van der Waals surface area contributed by atoms with E-state index in [1.807, 2.05) is 11.4 Å². The first-order chi connectivity index (χ1) is 14.3. The molecule has 0 saturated carbocycles. The molecule has 154 valence electrons. The first kappa shape index (κ1) is 19.6. The Hall–Kier alpha value is -3.76. The molecule has 3 heterocycles. The van der Waals surface area contributed by atoms with Crippen LogP contribution in [0.2, 0.25) is 0 Å². The predicted octanol–water partition coefficient (Wildman–Crippen LogP) is 2.47. The van der Waals surface area contributed by atoms with E-state index in [1.54, 1.807) is 30.6 Å². The van der Waals surface area contributed by atoms with Crippen LogP contribution in [0.25, 0.3) is 33.3 Å². The Morgan fingerprint density at radius 1 is 1.23 bits per heavy atom. The van der Waals surface area contributed by atoms with E-state index in [0.717, 1.165) is 5.39 Å². The first-order valence-corrected chi connectivity index (χ1v) is 9.03. The third-order valence-electron chi connectivity index (χ3n) is 4.45. The highest BCUT2D eigenvalue weighted by atomic mass is 19.4. The molecule has 0 bridgehead atoms. The van der Waals surface area contributed by atoms with Crippen LogP contribution < -0.4 is 15.6 Å². The number of nitrogens with one attached hydrogen (secondary N) is 4. The number of aromatic nitrogens is 5.